The van der Waals surface area contributed by atoms with Gasteiger partial charge in [-0.05, 0) is 31.0 Å². The Bertz CT molecular complexity index is 1150. The predicted molar refractivity (Wildman–Crippen MR) is 107 cm³/mol. The molecule has 1 N–H and O–H groups in total. The summed E-state index contributed by atoms with van der Waals surface area (Å²) < 4.78 is 32.8. The first kappa shape index (κ1) is 18.1. The highest BCUT2D eigenvalue weighted by Crippen LogP contribution is 2.32. The second-order valence-electron chi connectivity index (χ2n) is 7.25. The van der Waals surface area contributed by atoms with E-state index in [2.05, 4.69) is 9.97 Å². The summed E-state index contributed by atoms with van der Waals surface area (Å²) in [5, 5.41) is -0.0418. The first-order valence-corrected chi connectivity index (χ1v) is 11.0. The standard InChI is InChI=1S/C20H20N4O4S/c25-20-24(18-8-4-1-5-14(18)13-28-20)15-9-11-23(12-10-15)29(26,27)19-21-16-6-2-3-7-17(16)22-19/h1-8,15H,9-13H2,(H,21,22). The number of carbonyl (C=O) groups is 1. The summed E-state index contributed by atoms with van der Waals surface area (Å²) in [6, 6.07) is 14.8. The van der Waals surface area contributed by atoms with Gasteiger partial charge >= 0.3 is 6.09 Å². The molecule has 2 aromatic carbocycles. The second-order valence-corrected chi connectivity index (χ2v) is 9.10. The Morgan fingerprint density at radius 1 is 1.03 bits per heavy atom. The summed E-state index contributed by atoms with van der Waals surface area (Å²) in [4.78, 5) is 21.2. The van der Waals surface area contributed by atoms with E-state index in [1.807, 2.05) is 36.4 Å². The van der Waals surface area contributed by atoms with E-state index in [1.165, 1.54) is 4.31 Å². The van der Waals surface area contributed by atoms with Gasteiger partial charge in [-0.1, -0.05) is 30.3 Å². The van der Waals surface area contributed by atoms with Crippen LogP contribution in [0.15, 0.2) is 53.7 Å². The number of piperidine rings is 1. The van der Waals surface area contributed by atoms with E-state index in [0.29, 0.717) is 37.0 Å². The van der Waals surface area contributed by atoms with Crippen LogP contribution < -0.4 is 4.90 Å². The van der Waals surface area contributed by atoms with Crippen molar-refractivity contribution in [3.63, 3.8) is 0 Å². The molecule has 0 unspecified atom stereocenters. The highest BCUT2D eigenvalue weighted by molar-refractivity contribution is 7.89. The first-order chi connectivity index (χ1) is 14.0. The number of rotatable bonds is 3. The van der Waals surface area contributed by atoms with Crippen molar-refractivity contribution >= 4 is 32.8 Å². The van der Waals surface area contributed by atoms with Crippen molar-refractivity contribution < 1.29 is 17.9 Å². The van der Waals surface area contributed by atoms with Gasteiger partial charge in [0, 0.05) is 24.7 Å². The van der Waals surface area contributed by atoms with Crippen LogP contribution in [-0.2, 0) is 21.4 Å². The van der Waals surface area contributed by atoms with Crippen molar-refractivity contribution in [3.05, 3.63) is 54.1 Å². The number of hydrogen-bond donors (Lipinski definition) is 1. The molecule has 5 rings (SSSR count). The maximum absolute atomic E-state index is 13.0. The lowest BCUT2D eigenvalue weighted by molar-refractivity contribution is 0.136. The van der Waals surface area contributed by atoms with Crippen molar-refractivity contribution in [1.29, 1.82) is 0 Å². The van der Waals surface area contributed by atoms with Gasteiger partial charge in [-0.2, -0.15) is 4.31 Å². The molecule has 3 heterocycles. The minimum atomic E-state index is -3.72. The number of H-pyrrole nitrogens is 1. The zero-order valence-corrected chi connectivity index (χ0v) is 16.4. The number of nitrogens with zero attached hydrogens (tertiary/aromatic N) is 3. The number of anilines is 1. The van der Waals surface area contributed by atoms with Crippen LogP contribution in [0.2, 0.25) is 0 Å². The van der Waals surface area contributed by atoms with E-state index in [1.54, 1.807) is 17.0 Å². The van der Waals surface area contributed by atoms with Gasteiger partial charge in [0.2, 0.25) is 5.16 Å². The summed E-state index contributed by atoms with van der Waals surface area (Å²) in [6.07, 6.45) is 0.688. The lowest BCUT2D eigenvalue weighted by atomic mass is 10.0. The molecule has 9 heteroatoms. The number of imidazole rings is 1. The number of aromatic amines is 1. The number of nitrogens with one attached hydrogen (secondary N) is 1. The quantitative estimate of drug-likeness (QED) is 0.714. The third-order valence-corrected chi connectivity index (χ3v) is 7.27. The van der Waals surface area contributed by atoms with E-state index >= 15 is 0 Å². The number of aromatic nitrogens is 2. The molecule has 1 fully saturated rings. The van der Waals surface area contributed by atoms with Crippen molar-refractivity contribution in [2.75, 3.05) is 18.0 Å². The minimum Gasteiger partial charge on any atom is -0.444 e. The molecule has 8 nitrogen and oxygen atoms in total. The predicted octanol–water partition coefficient (Wildman–Crippen LogP) is 2.87. The molecular weight excluding hydrogens is 392 g/mol. The molecule has 29 heavy (non-hydrogen) atoms. The van der Waals surface area contributed by atoms with E-state index < -0.39 is 10.0 Å². The van der Waals surface area contributed by atoms with Gasteiger partial charge in [-0.15, -0.1) is 0 Å². The number of ether oxygens (including phenoxy) is 1. The number of sulfonamides is 1. The number of carbonyl (C=O) groups excluding carboxylic acids is 1. The Balaban J connectivity index is 1.36. The van der Waals surface area contributed by atoms with E-state index in [4.69, 9.17) is 4.74 Å². The van der Waals surface area contributed by atoms with Crippen LogP contribution in [0.5, 0.6) is 0 Å². The molecule has 2 aliphatic rings. The SMILES string of the molecule is O=C1OCc2ccccc2N1C1CCN(S(=O)(=O)c2nc3ccccc3[nH]2)CC1. The fraction of sp³-hybridized carbons (Fsp3) is 0.300. The van der Waals surface area contributed by atoms with Crippen LogP contribution >= 0.6 is 0 Å². The van der Waals surface area contributed by atoms with Crippen molar-refractivity contribution in [2.24, 2.45) is 0 Å². The van der Waals surface area contributed by atoms with Crippen LogP contribution in [0, 0.1) is 0 Å². The number of para-hydroxylation sites is 3. The Morgan fingerprint density at radius 2 is 1.76 bits per heavy atom. The summed E-state index contributed by atoms with van der Waals surface area (Å²) in [5.74, 6) is 0. The molecule has 0 radical (unpaired) electrons. The van der Waals surface area contributed by atoms with Gasteiger partial charge in [0.05, 0.1) is 16.7 Å². The van der Waals surface area contributed by atoms with Crippen molar-refractivity contribution in [3.8, 4) is 0 Å². The molecular formula is C20H20N4O4S. The third kappa shape index (κ3) is 3.06. The number of benzene rings is 2. The van der Waals surface area contributed by atoms with Crippen LogP contribution in [0.25, 0.3) is 11.0 Å². The molecule has 0 bridgehead atoms. The zero-order chi connectivity index (χ0) is 20.0. The average molecular weight is 412 g/mol. The molecule has 1 aromatic heterocycles. The Morgan fingerprint density at radius 3 is 2.55 bits per heavy atom. The van der Waals surface area contributed by atoms with Crippen LogP contribution in [0.4, 0.5) is 10.5 Å². The lowest BCUT2D eigenvalue weighted by Gasteiger charge is -2.39. The number of cyclic esters (lactones) is 1. The molecule has 1 saturated heterocycles. The van der Waals surface area contributed by atoms with Crippen LogP contribution in [0.1, 0.15) is 18.4 Å². The maximum atomic E-state index is 13.0. The number of hydrogen-bond acceptors (Lipinski definition) is 5. The molecule has 3 aromatic rings. The first-order valence-electron chi connectivity index (χ1n) is 9.53. The summed E-state index contributed by atoms with van der Waals surface area (Å²) in [6.45, 7) is 0.900. The molecule has 0 aliphatic carbocycles. The topological polar surface area (TPSA) is 95.6 Å². The molecule has 150 valence electrons. The largest absolute Gasteiger partial charge is 0.444 e. The summed E-state index contributed by atoms with van der Waals surface area (Å²) in [5.41, 5.74) is 3.12. The van der Waals surface area contributed by atoms with Crippen LogP contribution in [-0.4, -0.2) is 47.9 Å². The van der Waals surface area contributed by atoms with Crippen molar-refractivity contribution in [1.82, 2.24) is 14.3 Å². The van der Waals surface area contributed by atoms with Gasteiger partial charge in [0.15, 0.2) is 0 Å². The van der Waals surface area contributed by atoms with Crippen LogP contribution in [0.3, 0.4) is 0 Å². The molecule has 1 amide bonds. The normalized spacial score (nSPS) is 18.6. The highest BCUT2D eigenvalue weighted by Gasteiger charge is 2.37. The molecule has 0 atom stereocenters. The molecule has 2 aliphatic heterocycles. The summed E-state index contributed by atoms with van der Waals surface area (Å²) >= 11 is 0. The lowest BCUT2D eigenvalue weighted by Crippen LogP contribution is -2.50. The van der Waals surface area contributed by atoms with Gasteiger partial charge in [-0.25, -0.2) is 18.2 Å². The Kier molecular flexibility index (Phi) is 4.29. The van der Waals surface area contributed by atoms with Gasteiger partial charge in [0.1, 0.15) is 6.61 Å². The van der Waals surface area contributed by atoms with Gasteiger partial charge in [0.25, 0.3) is 10.0 Å². The summed E-state index contributed by atoms with van der Waals surface area (Å²) in [7, 11) is -3.72. The monoisotopic (exact) mass is 412 g/mol. The van der Waals surface area contributed by atoms with E-state index in [9.17, 15) is 13.2 Å². The fourth-order valence-corrected chi connectivity index (χ4v) is 5.42. The second kappa shape index (κ2) is 6.85. The van der Waals surface area contributed by atoms with E-state index in [0.717, 1.165) is 11.3 Å². The maximum Gasteiger partial charge on any atom is 0.414 e. The molecule has 0 spiro atoms. The van der Waals surface area contributed by atoms with Crippen molar-refractivity contribution in [2.45, 2.75) is 30.6 Å². The highest BCUT2D eigenvalue weighted by atomic mass is 32.2. The smallest absolute Gasteiger partial charge is 0.414 e. The Hall–Kier alpha value is -2.91. The Labute approximate surface area is 168 Å². The minimum absolute atomic E-state index is 0.0418. The number of amides is 1. The average Bonchev–Trinajstić information content (AvgIpc) is 3.19. The third-order valence-electron chi connectivity index (χ3n) is 5.54. The van der Waals surface area contributed by atoms with Gasteiger partial charge in [-0.3, -0.25) is 4.90 Å². The number of fused-ring (bicyclic) bond motifs is 2. The molecule has 0 saturated carbocycles. The van der Waals surface area contributed by atoms with E-state index in [-0.39, 0.29) is 23.9 Å². The zero-order valence-electron chi connectivity index (χ0n) is 15.6. The fourth-order valence-electron chi connectivity index (χ4n) is 4.04. The van der Waals surface area contributed by atoms with Gasteiger partial charge < -0.3 is 9.72 Å².